The van der Waals surface area contributed by atoms with Gasteiger partial charge in [0.15, 0.2) is 6.29 Å². The molecule has 0 fully saturated rings. The molecule has 0 aliphatic carbocycles. The first-order chi connectivity index (χ1) is 8.69. The summed E-state index contributed by atoms with van der Waals surface area (Å²) in [7, 11) is 0. The van der Waals surface area contributed by atoms with E-state index in [2.05, 4.69) is 10.3 Å². The van der Waals surface area contributed by atoms with Crippen LogP contribution in [-0.2, 0) is 9.47 Å². The summed E-state index contributed by atoms with van der Waals surface area (Å²) < 4.78 is 23.7. The molecule has 0 aliphatic heterocycles. The molecule has 18 heavy (non-hydrogen) atoms. The molecule has 1 aromatic heterocycles. The topological polar surface area (TPSA) is 60.5 Å². The standard InChI is InChI=1S/C12H17FN2O3/c1-3-17-10(18-4-2)8-15-12(16)9-6-5-7-14-11(9)13/h5-7,10H,3-4,8H2,1-2H3,(H,15,16). The van der Waals surface area contributed by atoms with Crippen molar-refractivity contribution in [3.05, 3.63) is 29.8 Å². The largest absolute Gasteiger partial charge is 0.351 e. The van der Waals surface area contributed by atoms with E-state index >= 15 is 0 Å². The van der Waals surface area contributed by atoms with E-state index in [1.165, 1.54) is 18.3 Å². The zero-order chi connectivity index (χ0) is 13.4. The van der Waals surface area contributed by atoms with Crippen molar-refractivity contribution in [1.29, 1.82) is 0 Å². The lowest BCUT2D eigenvalue weighted by Crippen LogP contribution is -2.35. The number of carbonyl (C=O) groups is 1. The van der Waals surface area contributed by atoms with Gasteiger partial charge in [0.25, 0.3) is 5.91 Å². The van der Waals surface area contributed by atoms with Crippen LogP contribution in [0.4, 0.5) is 4.39 Å². The van der Waals surface area contributed by atoms with E-state index in [1.807, 2.05) is 13.8 Å². The number of nitrogens with zero attached hydrogens (tertiary/aromatic N) is 1. The second-order valence-corrected chi connectivity index (χ2v) is 3.39. The first kappa shape index (κ1) is 14.5. The van der Waals surface area contributed by atoms with E-state index in [4.69, 9.17) is 9.47 Å². The molecule has 0 atom stereocenters. The van der Waals surface area contributed by atoms with Crippen molar-refractivity contribution in [3.8, 4) is 0 Å². The molecular weight excluding hydrogens is 239 g/mol. The monoisotopic (exact) mass is 256 g/mol. The fraction of sp³-hybridized carbons (Fsp3) is 0.500. The van der Waals surface area contributed by atoms with E-state index in [0.717, 1.165) is 0 Å². The van der Waals surface area contributed by atoms with Crippen LogP contribution in [-0.4, -0.2) is 36.9 Å². The number of hydrogen-bond donors (Lipinski definition) is 1. The van der Waals surface area contributed by atoms with Gasteiger partial charge in [-0.2, -0.15) is 4.39 Å². The molecule has 0 saturated heterocycles. The van der Waals surface area contributed by atoms with Crippen molar-refractivity contribution in [1.82, 2.24) is 10.3 Å². The number of rotatable bonds is 7. The Hall–Kier alpha value is -1.53. The van der Waals surface area contributed by atoms with E-state index in [1.54, 1.807) is 0 Å². The number of amides is 1. The number of aromatic nitrogens is 1. The van der Waals surface area contributed by atoms with Gasteiger partial charge in [0.1, 0.15) is 0 Å². The molecule has 1 aromatic rings. The fourth-order valence-electron chi connectivity index (χ4n) is 1.36. The third-order valence-corrected chi connectivity index (χ3v) is 2.14. The van der Waals surface area contributed by atoms with Gasteiger partial charge in [0.2, 0.25) is 5.95 Å². The van der Waals surface area contributed by atoms with Crippen molar-refractivity contribution in [3.63, 3.8) is 0 Å². The lowest BCUT2D eigenvalue weighted by Gasteiger charge is -2.17. The maximum Gasteiger partial charge on any atom is 0.256 e. The van der Waals surface area contributed by atoms with Gasteiger partial charge in [-0.3, -0.25) is 4.79 Å². The molecule has 6 heteroatoms. The number of nitrogens with one attached hydrogen (secondary N) is 1. The van der Waals surface area contributed by atoms with Crippen LogP contribution in [0.3, 0.4) is 0 Å². The zero-order valence-electron chi connectivity index (χ0n) is 10.5. The number of halogens is 1. The molecule has 1 N–H and O–H groups in total. The first-order valence-electron chi connectivity index (χ1n) is 5.81. The molecule has 1 heterocycles. The summed E-state index contributed by atoms with van der Waals surface area (Å²) in [6.45, 7) is 4.77. The summed E-state index contributed by atoms with van der Waals surface area (Å²) in [5, 5.41) is 2.54. The SMILES string of the molecule is CCOC(CNC(=O)c1cccnc1F)OCC. The van der Waals surface area contributed by atoms with Gasteiger partial charge in [-0.15, -0.1) is 0 Å². The lowest BCUT2D eigenvalue weighted by atomic mass is 10.2. The Morgan fingerprint density at radius 2 is 2.11 bits per heavy atom. The van der Waals surface area contributed by atoms with Crippen molar-refractivity contribution < 1.29 is 18.7 Å². The van der Waals surface area contributed by atoms with Gasteiger partial charge in [0, 0.05) is 19.4 Å². The highest BCUT2D eigenvalue weighted by Crippen LogP contribution is 2.03. The molecule has 0 saturated carbocycles. The molecule has 0 aromatic carbocycles. The van der Waals surface area contributed by atoms with Gasteiger partial charge >= 0.3 is 0 Å². The first-order valence-corrected chi connectivity index (χ1v) is 5.81. The van der Waals surface area contributed by atoms with Crippen LogP contribution in [0.25, 0.3) is 0 Å². The maximum absolute atomic E-state index is 13.2. The quantitative estimate of drug-likeness (QED) is 0.591. The van der Waals surface area contributed by atoms with Crippen LogP contribution in [0, 0.1) is 5.95 Å². The average molecular weight is 256 g/mol. The minimum Gasteiger partial charge on any atom is -0.351 e. The molecule has 0 radical (unpaired) electrons. The lowest BCUT2D eigenvalue weighted by molar-refractivity contribution is -0.131. The van der Waals surface area contributed by atoms with Gasteiger partial charge in [0.05, 0.1) is 12.1 Å². The van der Waals surface area contributed by atoms with Crippen molar-refractivity contribution in [2.24, 2.45) is 0 Å². The van der Waals surface area contributed by atoms with Crippen molar-refractivity contribution in [2.45, 2.75) is 20.1 Å². The van der Waals surface area contributed by atoms with Crippen molar-refractivity contribution in [2.75, 3.05) is 19.8 Å². The second kappa shape index (κ2) is 7.73. The Balaban J connectivity index is 2.52. The molecule has 0 aliphatic rings. The van der Waals surface area contributed by atoms with Gasteiger partial charge in [-0.05, 0) is 26.0 Å². The maximum atomic E-state index is 13.2. The summed E-state index contributed by atoms with van der Waals surface area (Å²) in [5.41, 5.74) is -0.0933. The molecule has 0 spiro atoms. The Morgan fingerprint density at radius 1 is 1.44 bits per heavy atom. The van der Waals surface area contributed by atoms with Crippen LogP contribution in [0.1, 0.15) is 24.2 Å². The van der Waals surface area contributed by atoms with Crippen LogP contribution < -0.4 is 5.32 Å². The third kappa shape index (κ3) is 4.38. The van der Waals surface area contributed by atoms with Crippen LogP contribution in [0.2, 0.25) is 0 Å². The fourth-order valence-corrected chi connectivity index (χ4v) is 1.36. The third-order valence-electron chi connectivity index (χ3n) is 2.14. The van der Waals surface area contributed by atoms with Gasteiger partial charge in [-0.1, -0.05) is 0 Å². The van der Waals surface area contributed by atoms with E-state index in [0.29, 0.717) is 13.2 Å². The summed E-state index contributed by atoms with van der Waals surface area (Å²) >= 11 is 0. The molecular formula is C12H17FN2O3. The summed E-state index contributed by atoms with van der Waals surface area (Å²) in [6.07, 6.45) is 0.763. The van der Waals surface area contributed by atoms with Gasteiger partial charge in [-0.25, -0.2) is 4.98 Å². The number of hydrogen-bond acceptors (Lipinski definition) is 4. The summed E-state index contributed by atoms with van der Waals surface area (Å²) in [4.78, 5) is 15.1. The average Bonchev–Trinajstić information content (AvgIpc) is 2.36. The molecule has 1 rings (SSSR count). The highest BCUT2D eigenvalue weighted by atomic mass is 19.1. The molecule has 0 unspecified atom stereocenters. The zero-order valence-corrected chi connectivity index (χ0v) is 10.5. The Labute approximate surface area is 105 Å². The highest BCUT2D eigenvalue weighted by molar-refractivity contribution is 5.94. The second-order valence-electron chi connectivity index (χ2n) is 3.39. The molecule has 0 bridgehead atoms. The van der Waals surface area contributed by atoms with Crippen LogP contribution >= 0.6 is 0 Å². The highest BCUT2D eigenvalue weighted by Gasteiger charge is 2.14. The van der Waals surface area contributed by atoms with E-state index in [9.17, 15) is 9.18 Å². The molecule has 1 amide bonds. The van der Waals surface area contributed by atoms with Crippen LogP contribution in [0.5, 0.6) is 0 Å². The minimum atomic E-state index is -0.792. The number of pyridine rings is 1. The predicted molar refractivity (Wildman–Crippen MR) is 63.6 cm³/mol. The summed E-state index contributed by atoms with van der Waals surface area (Å²) in [6, 6.07) is 2.87. The Morgan fingerprint density at radius 3 is 2.67 bits per heavy atom. The predicted octanol–water partition coefficient (Wildman–Crippen LogP) is 1.35. The smallest absolute Gasteiger partial charge is 0.256 e. The minimum absolute atomic E-state index is 0.0933. The molecule has 5 nitrogen and oxygen atoms in total. The van der Waals surface area contributed by atoms with Crippen LogP contribution in [0.15, 0.2) is 18.3 Å². The molecule has 100 valence electrons. The normalized spacial score (nSPS) is 10.7. The number of ether oxygens (including phenoxy) is 2. The van der Waals surface area contributed by atoms with Gasteiger partial charge < -0.3 is 14.8 Å². The van der Waals surface area contributed by atoms with E-state index < -0.39 is 18.1 Å². The van der Waals surface area contributed by atoms with Crippen molar-refractivity contribution >= 4 is 5.91 Å². The Bertz CT molecular complexity index is 381. The van der Waals surface area contributed by atoms with E-state index in [-0.39, 0.29) is 12.1 Å². The Kier molecular flexibility index (Phi) is 6.24. The summed E-state index contributed by atoms with van der Waals surface area (Å²) in [5.74, 6) is -1.33. The number of carbonyl (C=O) groups excluding carboxylic acids is 1.